The van der Waals surface area contributed by atoms with Gasteiger partial charge in [-0.25, -0.2) is 4.79 Å². The molecule has 1 rings (SSSR count). The van der Waals surface area contributed by atoms with Gasteiger partial charge >= 0.3 is 12.1 Å². The van der Waals surface area contributed by atoms with E-state index in [4.69, 9.17) is 5.11 Å². The molecule has 17 heavy (non-hydrogen) atoms. The highest BCUT2D eigenvalue weighted by atomic mass is 19.4. The average molecular weight is 246 g/mol. The Labute approximate surface area is 97.1 Å². The first-order valence-electron chi connectivity index (χ1n) is 5.15. The van der Waals surface area contributed by atoms with E-state index in [1.807, 2.05) is 13.8 Å². The molecule has 0 atom stereocenters. The maximum absolute atomic E-state index is 12.7. The molecule has 1 N–H and O–H groups in total. The first-order valence-corrected chi connectivity index (χ1v) is 5.15. The van der Waals surface area contributed by atoms with Gasteiger partial charge in [0, 0.05) is 0 Å². The summed E-state index contributed by atoms with van der Waals surface area (Å²) in [5, 5.41) is 8.70. The summed E-state index contributed by atoms with van der Waals surface area (Å²) in [6.07, 6.45) is -4.15. The summed E-state index contributed by atoms with van der Waals surface area (Å²) in [5.41, 5.74) is -1.29. The molecule has 0 aliphatic carbocycles. The van der Waals surface area contributed by atoms with Crippen LogP contribution >= 0.6 is 0 Å². The predicted octanol–water partition coefficient (Wildman–Crippen LogP) is 3.60. The maximum atomic E-state index is 12.7. The number of hydrogen-bond donors (Lipinski definition) is 1. The molecule has 0 radical (unpaired) electrons. The molecular formula is C12H13F3O2. The summed E-state index contributed by atoms with van der Waals surface area (Å²) >= 11 is 0. The maximum Gasteiger partial charge on any atom is 0.417 e. The van der Waals surface area contributed by atoms with Crippen molar-refractivity contribution in [2.24, 2.45) is 5.92 Å². The van der Waals surface area contributed by atoms with Crippen LogP contribution in [0.5, 0.6) is 0 Å². The van der Waals surface area contributed by atoms with Crippen molar-refractivity contribution in [3.8, 4) is 0 Å². The van der Waals surface area contributed by atoms with Crippen molar-refractivity contribution in [1.29, 1.82) is 0 Å². The van der Waals surface area contributed by atoms with Crippen LogP contribution in [0.4, 0.5) is 13.2 Å². The van der Waals surface area contributed by atoms with Gasteiger partial charge in [0.1, 0.15) is 0 Å². The average Bonchev–Trinajstić information content (AvgIpc) is 2.14. The third-order valence-electron chi connectivity index (χ3n) is 2.26. The summed E-state index contributed by atoms with van der Waals surface area (Å²) < 4.78 is 38.0. The highest BCUT2D eigenvalue weighted by Crippen LogP contribution is 2.33. The fourth-order valence-electron chi connectivity index (χ4n) is 1.61. The fraction of sp³-hybridized carbons (Fsp3) is 0.417. The number of carbonyl (C=O) groups is 1. The van der Waals surface area contributed by atoms with Gasteiger partial charge in [-0.3, -0.25) is 0 Å². The number of carboxylic acids is 1. The third-order valence-corrected chi connectivity index (χ3v) is 2.26. The zero-order valence-corrected chi connectivity index (χ0v) is 9.51. The first kappa shape index (κ1) is 13.5. The van der Waals surface area contributed by atoms with E-state index in [0.717, 1.165) is 12.1 Å². The van der Waals surface area contributed by atoms with Crippen molar-refractivity contribution in [2.45, 2.75) is 26.4 Å². The van der Waals surface area contributed by atoms with E-state index in [1.54, 1.807) is 0 Å². The summed E-state index contributed by atoms with van der Waals surface area (Å²) in [6.45, 7) is 3.77. The van der Waals surface area contributed by atoms with Crippen molar-refractivity contribution in [1.82, 2.24) is 0 Å². The van der Waals surface area contributed by atoms with Gasteiger partial charge in [-0.05, 0) is 30.0 Å². The minimum Gasteiger partial charge on any atom is -0.478 e. The molecule has 0 saturated heterocycles. The summed E-state index contributed by atoms with van der Waals surface area (Å²) in [4.78, 5) is 10.7. The van der Waals surface area contributed by atoms with Crippen LogP contribution in [-0.2, 0) is 12.6 Å². The van der Waals surface area contributed by atoms with Crippen LogP contribution < -0.4 is 0 Å². The Morgan fingerprint density at radius 2 is 1.94 bits per heavy atom. The van der Waals surface area contributed by atoms with Crippen molar-refractivity contribution in [3.05, 3.63) is 34.9 Å². The van der Waals surface area contributed by atoms with E-state index >= 15 is 0 Å². The van der Waals surface area contributed by atoms with Crippen LogP contribution in [0.2, 0.25) is 0 Å². The highest BCUT2D eigenvalue weighted by molar-refractivity contribution is 5.89. The number of benzene rings is 1. The number of carboxylic acid groups (broad SMARTS) is 1. The van der Waals surface area contributed by atoms with E-state index in [0.29, 0.717) is 12.0 Å². The normalized spacial score (nSPS) is 11.9. The molecule has 0 aliphatic rings. The number of rotatable bonds is 3. The van der Waals surface area contributed by atoms with Crippen LogP contribution in [0.1, 0.15) is 35.3 Å². The molecule has 0 aromatic heterocycles. The lowest BCUT2D eigenvalue weighted by atomic mass is 9.97. The Hall–Kier alpha value is -1.52. The predicted molar refractivity (Wildman–Crippen MR) is 56.9 cm³/mol. The second-order valence-electron chi connectivity index (χ2n) is 4.28. The summed E-state index contributed by atoms with van der Waals surface area (Å²) in [6, 6.07) is 3.37. The molecule has 0 unspecified atom stereocenters. The number of alkyl halides is 3. The SMILES string of the molecule is CC(C)Cc1ccc(C(=O)O)c(C(F)(F)F)c1. The van der Waals surface area contributed by atoms with Crippen molar-refractivity contribution < 1.29 is 23.1 Å². The largest absolute Gasteiger partial charge is 0.478 e. The van der Waals surface area contributed by atoms with Crippen LogP contribution in [0.25, 0.3) is 0 Å². The number of aromatic carboxylic acids is 1. The summed E-state index contributed by atoms with van der Waals surface area (Å²) in [7, 11) is 0. The molecule has 0 bridgehead atoms. The van der Waals surface area contributed by atoms with Crippen LogP contribution in [0.15, 0.2) is 18.2 Å². The lowest BCUT2D eigenvalue weighted by Gasteiger charge is -2.13. The van der Waals surface area contributed by atoms with Crippen molar-refractivity contribution in [2.75, 3.05) is 0 Å². The van der Waals surface area contributed by atoms with E-state index in [9.17, 15) is 18.0 Å². The monoisotopic (exact) mass is 246 g/mol. The first-order chi connectivity index (χ1) is 7.71. The molecule has 0 amide bonds. The molecule has 0 spiro atoms. The van der Waals surface area contributed by atoms with Crippen molar-refractivity contribution in [3.63, 3.8) is 0 Å². The molecule has 2 nitrogen and oxygen atoms in total. The molecule has 0 heterocycles. The zero-order valence-electron chi connectivity index (χ0n) is 9.51. The Bertz CT molecular complexity index is 422. The highest BCUT2D eigenvalue weighted by Gasteiger charge is 2.35. The van der Waals surface area contributed by atoms with Gasteiger partial charge in [0.25, 0.3) is 0 Å². The second-order valence-corrected chi connectivity index (χ2v) is 4.28. The smallest absolute Gasteiger partial charge is 0.417 e. The second kappa shape index (κ2) is 4.77. The minimum absolute atomic E-state index is 0.215. The Kier molecular flexibility index (Phi) is 3.80. The van der Waals surface area contributed by atoms with E-state index in [1.165, 1.54) is 6.07 Å². The molecule has 5 heteroatoms. The topological polar surface area (TPSA) is 37.3 Å². The molecule has 0 saturated carbocycles. The van der Waals surface area contributed by atoms with Gasteiger partial charge in [-0.15, -0.1) is 0 Å². The van der Waals surface area contributed by atoms with Gasteiger partial charge < -0.3 is 5.11 Å². The van der Waals surface area contributed by atoms with E-state index < -0.39 is 23.3 Å². The van der Waals surface area contributed by atoms with Gasteiger partial charge in [-0.1, -0.05) is 19.9 Å². The van der Waals surface area contributed by atoms with Crippen LogP contribution in [0, 0.1) is 5.92 Å². The number of hydrogen-bond acceptors (Lipinski definition) is 1. The van der Waals surface area contributed by atoms with E-state index in [2.05, 4.69) is 0 Å². The quantitative estimate of drug-likeness (QED) is 0.884. The lowest BCUT2D eigenvalue weighted by Crippen LogP contribution is -2.13. The van der Waals surface area contributed by atoms with Crippen LogP contribution in [-0.4, -0.2) is 11.1 Å². The molecule has 0 aliphatic heterocycles. The van der Waals surface area contributed by atoms with Gasteiger partial charge in [-0.2, -0.15) is 13.2 Å². The molecule has 1 aromatic rings. The van der Waals surface area contributed by atoms with E-state index in [-0.39, 0.29) is 5.92 Å². The number of halogens is 3. The van der Waals surface area contributed by atoms with Gasteiger partial charge in [0.05, 0.1) is 11.1 Å². The third kappa shape index (κ3) is 3.47. The van der Waals surface area contributed by atoms with Gasteiger partial charge in [0.15, 0.2) is 0 Å². The van der Waals surface area contributed by atoms with Crippen LogP contribution in [0.3, 0.4) is 0 Å². The Morgan fingerprint density at radius 3 is 2.35 bits per heavy atom. The summed E-state index contributed by atoms with van der Waals surface area (Å²) in [5.74, 6) is -1.35. The van der Waals surface area contributed by atoms with Crippen molar-refractivity contribution >= 4 is 5.97 Å². The zero-order chi connectivity index (χ0) is 13.2. The minimum atomic E-state index is -4.64. The lowest BCUT2D eigenvalue weighted by molar-refractivity contribution is -0.138. The Balaban J connectivity index is 3.25. The molecule has 0 fully saturated rings. The van der Waals surface area contributed by atoms with Gasteiger partial charge in [0.2, 0.25) is 0 Å². The standard InChI is InChI=1S/C12H13F3O2/c1-7(2)5-8-3-4-9(11(16)17)10(6-8)12(13,14)15/h3-4,6-7H,5H2,1-2H3,(H,16,17). The fourth-order valence-corrected chi connectivity index (χ4v) is 1.61. The molecule has 94 valence electrons. The molecule has 1 aromatic carbocycles. The Morgan fingerprint density at radius 1 is 1.35 bits per heavy atom. The molecular weight excluding hydrogens is 233 g/mol.